The molecular weight excluding hydrogens is 268 g/mol. The quantitative estimate of drug-likeness (QED) is 0.674. The molecule has 0 saturated heterocycles. The lowest BCUT2D eigenvalue weighted by Gasteiger charge is -2.15. The molecule has 0 amide bonds. The van der Waals surface area contributed by atoms with Crippen LogP contribution in [0.25, 0.3) is 0 Å². The Hall–Kier alpha value is -2.40. The minimum absolute atomic E-state index is 0.0624. The first-order chi connectivity index (χ1) is 9.97. The van der Waals surface area contributed by atoms with Crippen molar-refractivity contribution in [1.82, 2.24) is 0 Å². The van der Waals surface area contributed by atoms with Crippen LogP contribution in [0.1, 0.15) is 29.7 Å². The lowest BCUT2D eigenvalue weighted by molar-refractivity contribution is -0.384. The Morgan fingerprint density at radius 3 is 2.71 bits per heavy atom. The van der Waals surface area contributed by atoms with Crippen LogP contribution in [0.2, 0.25) is 0 Å². The van der Waals surface area contributed by atoms with Crippen LogP contribution < -0.4 is 10.5 Å². The van der Waals surface area contributed by atoms with Gasteiger partial charge in [0.1, 0.15) is 12.4 Å². The SMILES string of the molecule is Cc1ccc(OCc2cccc([N+](=O)[O-])c2)c(C(C)N)c1. The van der Waals surface area contributed by atoms with Crippen LogP contribution >= 0.6 is 0 Å². The van der Waals surface area contributed by atoms with Crippen molar-refractivity contribution in [3.05, 3.63) is 69.3 Å². The third-order valence-corrected chi connectivity index (χ3v) is 3.17. The van der Waals surface area contributed by atoms with Gasteiger partial charge >= 0.3 is 0 Å². The topological polar surface area (TPSA) is 78.4 Å². The van der Waals surface area contributed by atoms with E-state index in [2.05, 4.69) is 0 Å². The molecule has 0 fully saturated rings. The van der Waals surface area contributed by atoms with Gasteiger partial charge in [-0.1, -0.05) is 29.8 Å². The van der Waals surface area contributed by atoms with Gasteiger partial charge in [-0.3, -0.25) is 10.1 Å². The standard InChI is InChI=1S/C16H18N2O3/c1-11-6-7-16(15(8-11)12(2)17)21-10-13-4-3-5-14(9-13)18(19)20/h3-9,12H,10,17H2,1-2H3. The minimum atomic E-state index is -0.414. The van der Waals surface area contributed by atoms with Gasteiger partial charge in [-0.25, -0.2) is 0 Å². The van der Waals surface area contributed by atoms with Gasteiger partial charge < -0.3 is 10.5 Å². The zero-order valence-electron chi connectivity index (χ0n) is 12.1. The molecule has 0 bridgehead atoms. The molecule has 1 atom stereocenters. The van der Waals surface area contributed by atoms with E-state index in [9.17, 15) is 10.1 Å². The van der Waals surface area contributed by atoms with Crippen molar-refractivity contribution in [3.63, 3.8) is 0 Å². The molecule has 0 aliphatic carbocycles. The van der Waals surface area contributed by atoms with E-state index >= 15 is 0 Å². The molecule has 0 spiro atoms. The molecular formula is C16H18N2O3. The number of ether oxygens (including phenoxy) is 1. The van der Waals surface area contributed by atoms with Crippen LogP contribution in [0.5, 0.6) is 5.75 Å². The smallest absolute Gasteiger partial charge is 0.269 e. The van der Waals surface area contributed by atoms with Crippen molar-refractivity contribution >= 4 is 5.69 Å². The number of nitrogens with two attached hydrogens (primary N) is 1. The van der Waals surface area contributed by atoms with Gasteiger partial charge in [0.25, 0.3) is 5.69 Å². The number of rotatable bonds is 5. The van der Waals surface area contributed by atoms with Crippen LogP contribution in [0.15, 0.2) is 42.5 Å². The molecule has 110 valence electrons. The molecule has 2 aromatic rings. The second-order valence-electron chi connectivity index (χ2n) is 5.05. The average Bonchev–Trinajstić information content (AvgIpc) is 2.46. The van der Waals surface area contributed by atoms with Crippen LogP contribution in [-0.2, 0) is 6.61 Å². The van der Waals surface area contributed by atoms with E-state index < -0.39 is 4.92 Å². The van der Waals surface area contributed by atoms with Gasteiger partial charge in [-0.05, 0) is 25.5 Å². The fourth-order valence-electron chi connectivity index (χ4n) is 2.08. The Labute approximate surface area is 123 Å². The van der Waals surface area contributed by atoms with Crippen LogP contribution in [0.3, 0.4) is 0 Å². The summed E-state index contributed by atoms with van der Waals surface area (Å²) in [5.74, 6) is 0.710. The summed E-state index contributed by atoms with van der Waals surface area (Å²) >= 11 is 0. The number of hydrogen-bond acceptors (Lipinski definition) is 4. The van der Waals surface area contributed by atoms with Gasteiger partial charge in [0.2, 0.25) is 0 Å². The first-order valence-electron chi connectivity index (χ1n) is 6.69. The molecule has 0 aromatic heterocycles. The first-order valence-corrected chi connectivity index (χ1v) is 6.69. The van der Waals surface area contributed by atoms with Crippen molar-refractivity contribution in [2.75, 3.05) is 0 Å². The largest absolute Gasteiger partial charge is 0.489 e. The van der Waals surface area contributed by atoms with Crippen molar-refractivity contribution in [3.8, 4) is 5.75 Å². The first kappa shape index (κ1) is 15.0. The predicted molar refractivity (Wildman–Crippen MR) is 81.2 cm³/mol. The van der Waals surface area contributed by atoms with E-state index in [1.807, 2.05) is 32.0 Å². The number of nitrogens with zero attached hydrogens (tertiary/aromatic N) is 1. The van der Waals surface area contributed by atoms with E-state index in [4.69, 9.17) is 10.5 Å². The molecule has 1 unspecified atom stereocenters. The molecule has 0 aliphatic rings. The predicted octanol–water partition coefficient (Wildman–Crippen LogP) is 3.50. The van der Waals surface area contributed by atoms with Crippen LogP contribution in [-0.4, -0.2) is 4.92 Å². The van der Waals surface area contributed by atoms with Crippen molar-refractivity contribution in [2.45, 2.75) is 26.5 Å². The molecule has 5 heteroatoms. The summed E-state index contributed by atoms with van der Waals surface area (Å²) in [6.07, 6.45) is 0. The maximum atomic E-state index is 10.8. The fraction of sp³-hybridized carbons (Fsp3) is 0.250. The lowest BCUT2D eigenvalue weighted by atomic mass is 10.1. The second kappa shape index (κ2) is 6.37. The summed E-state index contributed by atoms with van der Waals surface area (Å²) in [5, 5.41) is 10.8. The molecule has 21 heavy (non-hydrogen) atoms. The molecule has 5 nitrogen and oxygen atoms in total. The van der Waals surface area contributed by atoms with E-state index in [1.165, 1.54) is 12.1 Å². The number of aryl methyl sites for hydroxylation is 1. The van der Waals surface area contributed by atoms with E-state index in [0.717, 1.165) is 16.7 Å². The molecule has 0 heterocycles. The van der Waals surface area contributed by atoms with Gasteiger partial charge in [0.15, 0.2) is 0 Å². The van der Waals surface area contributed by atoms with Gasteiger partial charge in [0.05, 0.1) is 4.92 Å². The summed E-state index contributed by atoms with van der Waals surface area (Å²) in [4.78, 5) is 10.3. The third kappa shape index (κ3) is 3.79. The van der Waals surface area contributed by atoms with Gasteiger partial charge in [-0.15, -0.1) is 0 Å². The average molecular weight is 286 g/mol. The highest BCUT2D eigenvalue weighted by atomic mass is 16.6. The van der Waals surface area contributed by atoms with Crippen LogP contribution in [0.4, 0.5) is 5.69 Å². The van der Waals surface area contributed by atoms with Crippen molar-refractivity contribution in [2.24, 2.45) is 5.73 Å². The van der Waals surface area contributed by atoms with Gasteiger partial charge in [0, 0.05) is 23.7 Å². The number of nitro groups is 1. The Morgan fingerprint density at radius 1 is 1.29 bits per heavy atom. The molecule has 2 N–H and O–H groups in total. The minimum Gasteiger partial charge on any atom is -0.489 e. The molecule has 0 radical (unpaired) electrons. The fourth-order valence-corrected chi connectivity index (χ4v) is 2.08. The zero-order chi connectivity index (χ0) is 15.4. The molecule has 0 aliphatic heterocycles. The van der Waals surface area contributed by atoms with E-state index in [1.54, 1.807) is 12.1 Å². The summed E-state index contributed by atoms with van der Waals surface area (Å²) in [6, 6.07) is 12.1. The highest BCUT2D eigenvalue weighted by molar-refractivity contribution is 5.39. The molecule has 2 rings (SSSR count). The summed E-state index contributed by atoms with van der Waals surface area (Å²) < 4.78 is 5.77. The van der Waals surface area contributed by atoms with E-state index in [-0.39, 0.29) is 18.3 Å². The molecule has 0 saturated carbocycles. The third-order valence-electron chi connectivity index (χ3n) is 3.17. The monoisotopic (exact) mass is 286 g/mol. The maximum Gasteiger partial charge on any atom is 0.269 e. The van der Waals surface area contributed by atoms with Crippen molar-refractivity contribution < 1.29 is 9.66 Å². The van der Waals surface area contributed by atoms with Crippen molar-refractivity contribution in [1.29, 1.82) is 0 Å². The number of benzene rings is 2. The highest BCUT2D eigenvalue weighted by Gasteiger charge is 2.10. The van der Waals surface area contributed by atoms with E-state index in [0.29, 0.717) is 5.75 Å². The summed E-state index contributed by atoms with van der Waals surface area (Å²) in [5.41, 5.74) is 8.81. The van der Waals surface area contributed by atoms with Crippen LogP contribution in [0, 0.1) is 17.0 Å². The Morgan fingerprint density at radius 2 is 2.05 bits per heavy atom. The Bertz CT molecular complexity index is 654. The lowest BCUT2D eigenvalue weighted by Crippen LogP contribution is -2.08. The number of hydrogen-bond donors (Lipinski definition) is 1. The number of nitro benzene ring substituents is 1. The maximum absolute atomic E-state index is 10.8. The Balaban J connectivity index is 2.16. The summed E-state index contributed by atoms with van der Waals surface area (Å²) in [6.45, 7) is 4.16. The normalized spacial score (nSPS) is 12.0. The summed E-state index contributed by atoms with van der Waals surface area (Å²) in [7, 11) is 0. The van der Waals surface area contributed by atoms with Gasteiger partial charge in [-0.2, -0.15) is 0 Å². The zero-order valence-corrected chi connectivity index (χ0v) is 12.1. The molecule has 2 aromatic carbocycles. The number of non-ortho nitro benzene ring substituents is 1. The second-order valence-corrected chi connectivity index (χ2v) is 5.05. The Kier molecular flexibility index (Phi) is 4.55. The highest BCUT2D eigenvalue weighted by Crippen LogP contribution is 2.26.